The van der Waals surface area contributed by atoms with Crippen molar-refractivity contribution in [2.45, 2.75) is 13.3 Å². The lowest BCUT2D eigenvalue weighted by Gasteiger charge is -2.09. The molecule has 0 fully saturated rings. The van der Waals surface area contributed by atoms with Crippen LogP contribution in [0.5, 0.6) is 0 Å². The third-order valence-electron chi connectivity index (χ3n) is 3.51. The summed E-state index contributed by atoms with van der Waals surface area (Å²) in [5.74, 6) is 0.157. The minimum absolute atomic E-state index is 0.0519. The number of hydrogen-bond donors (Lipinski definition) is 0. The zero-order valence-corrected chi connectivity index (χ0v) is 12.9. The number of ether oxygens (including phenoxy) is 1. The standard InChI is InChI=1S/C16H16N4O3/c1-3-23-14(21)8-11-9-18-19(2)15(11)20-10-17-13-7-5-4-6-12(13)16(20)22/h4-7,9-10H,3,8H2,1-2H3. The van der Waals surface area contributed by atoms with E-state index in [2.05, 4.69) is 10.1 Å². The highest BCUT2D eigenvalue weighted by Gasteiger charge is 2.17. The zero-order chi connectivity index (χ0) is 16.4. The van der Waals surface area contributed by atoms with Crippen molar-refractivity contribution >= 4 is 16.9 Å². The number of benzene rings is 1. The van der Waals surface area contributed by atoms with E-state index in [4.69, 9.17) is 4.74 Å². The van der Waals surface area contributed by atoms with Crippen molar-refractivity contribution in [1.29, 1.82) is 0 Å². The Morgan fingerprint density at radius 2 is 2.09 bits per heavy atom. The van der Waals surface area contributed by atoms with E-state index in [9.17, 15) is 9.59 Å². The van der Waals surface area contributed by atoms with E-state index in [1.54, 1.807) is 43.0 Å². The molecule has 7 heteroatoms. The van der Waals surface area contributed by atoms with Gasteiger partial charge in [-0.05, 0) is 19.1 Å². The largest absolute Gasteiger partial charge is 0.466 e. The van der Waals surface area contributed by atoms with E-state index in [0.29, 0.717) is 28.9 Å². The molecule has 0 radical (unpaired) electrons. The number of hydrogen-bond acceptors (Lipinski definition) is 5. The molecule has 23 heavy (non-hydrogen) atoms. The predicted molar refractivity (Wildman–Crippen MR) is 84.4 cm³/mol. The fourth-order valence-corrected chi connectivity index (χ4v) is 2.50. The van der Waals surface area contributed by atoms with Crippen LogP contribution in [-0.4, -0.2) is 31.9 Å². The summed E-state index contributed by atoms with van der Waals surface area (Å²) in [5.41, 5.74) is 1.04. The number of rotatable bonds is 4. The molecule has 0 saturated carbocycles. The van der Waals surface area contributed by atoms with Crippen molar-refractivity contribution in [3.05, 3.63) is 52.7 Å². The minimum Gasteiger partial charge on any atom is -0.466 e. The van der Waals surface area contributed by atoms with Crippen LogP contribution in [0.2, 0.25) is 0 Å². The van der Waals surface area contributed by atoms with Crippen LogP contribution >= 0.6 is 0 Å². The molecule has 0 aliphatic rings. The van der Waals surface area contributed by atoms with Gasteiger partial charge < -0.3 is 4.74 Å². The molecule has 0 saturated heterocycles. The molecule has 7 nitrogen and oxygen atoms in total. The van der Waals surface area contributed by atoms with Gasteiger partial charge in [0.05, 0.1) is 30.1 Å². The van der Waals surface area contributed by atoms with Gasteiger partial charge in [-0.15, -0.1) is 0 Å². The van der Waals surface area contributed by atoms with E-state index in [0.717, 1.165) is 0 Å². The van der Waals surface area contributed by atoms with Crippen molar-refractivity contribution in [2.75, 3.05) is 6.61 Å². The Bertz CT molecular complexity index is 926. The van der Waals surface area contributed by atoms with Crippen molar-refractivity contribution in [1.82, 2.24) is 19.3 Å². The molecule has 2 aromatic heterocycles. The van der Waals surface area contributed by atoms with Gasteiger partial charge >= 0.3 is 5.97 Å². The van der Waals surface area contributed by atoms with E-state index in [-0.39, 0.29) is 17.9 Å². The molecule has 0 bridgehead atoms. The van der Waals surface area contributed by atoms with Gasteiger partial charge in [-0.1, -0.05) is 12.1 Å². The Balaban J connectivity index is 2.12. The third-order valence-corrected chi connectivity index (χ3v) is 3.51. The topological polar surface area (TPSA) is 79.0 Å². The van der Waals surface area contributed by atoms with Gasteiger partial charge in [-0.2, -0.15) is 5.10 Å². The number of carbonyl (C=O) groups excluding carboxylic acids is 1. The molecular weight excluding hydrogens is 296 g/mol. The number of carbonyl (C=O) groups is 1. The molecule has 0 N–H and O–H groups in total. The lowest BCUT2D eigenvalue weighted by molar-refractivity contribution is -0.142. The summed E-state index contributed by atoms with van der Waals surface area (Å²) in [7, 11) is 1.71. The second-order valence-corrected chi connectivity index (χ2v) is 5.04. The number of aryl methyl sites for hydroxylation is 1. The Kier molecular flexibility index (Phi) is 3.92. The molecular formula is C16H16N4O3. The fourth-order valence-electron chi connectivity index (χ4n) is 2.50. The highest BCUT2D eigenvalue weighted by molar-refractivity contribution is 5.77. The van der Waals surface area contributed by atoms with Crippen LogP contribution in [0.1, 0.15) is 12.5 Å². The SMILES string of the molecule is CCOC(=O)Cc1cnn(C)c1-n1cnc2ccccc2c1=O. The summed E-state index contributed by atoms with van der Waals surface area (Å²) in [4.78, 5) is 28.8. The molecule has 2 heterocycles. The van der Waals surface area contributed by atoms with Crippen molar-refractivity contribution < 1.29 is 9.53 Å². The second kappa shape index (κ2) is 6.04. The van der Waals surface area contributed by atoms with Gasteiger partial charge in [0.25, 0.3) is 5.56 Å². The molecule has 118 valence electrons. The smallest absolute Gasteiger partial charge is 0.310 e. The summed E-state index contributed by atoms with van der Waals surface area (Å²) in [5, 5.41) is 4.66. The molecule has 0 aliphatic heterocycles. The van der Waals surface area contributed by atoms with Crippen LogP contribution in [0.25, 0.3) is 16.7 Å². The summed E-state index contributed by atoms with van der Waals surface area (Å²) in [6.45, 7) is 2.06. The van der Waals surface area contributed by atoms with Gasteiger partial charge in [0.1, 0.15) is 12.1 Å². The van der Waals surface area contributed by atoms with E-state index < -0.39 is 0 Å². The van der Waals surface area contributed by atoms with Crippen molar-refractivity contribution in [3.63, 3.8) is 0 Å². The highest BCUT2D eigenvalue weighted by atomic mass is 16.5. The lowest BCUT2D eigenvalue weighted by atomic mass is 10.2. The highest BCUT2D eigenvalue weighted by Crippen LogP contribution is 2.14. The number of aromatic nitrogens is 4. The predicted octanol–water partition coefficient (Wildman–Crippen LogP) is 1.22. The minimum atomic E-state index is -0.358. The number of esters is 1. The maximum atomic E-state index is 12.7. The van der Waals surface area contributed by atoms with Gasteiger partial charge in [-0.3, -0.25) is 18.8 Å². The lowest BCUT2D eigenvalue weighted by Crippen LogP contribution is -2.23. The maximum absolute atomic E-state index is 12.7. The zero-order valence-electron chi connectivity index (χ0n) is 12.9. The first kappa shape index (κ1) is 15.0. The first-order valence-electron chi connectivity index (χ1n) is 7.25. The molecule has 0 unspecified atom stereocenters. The molecule has 0 atom stereocenters. The summed E-state index contributed by atoms with van der Waals surface area (Å²) in [6, 6.07) is 7.13. The van der Waals surface area contributed by atoms with E-state index >= 15 is 0 Å². The summed E-state index contributed by atoms with van der Waals surface area (Å²) in [6.07, 6.45) is 3.07. The number of nitrogens with zero attached hydrogens (tertiary/aromatic N) is 4. The Morgan fingerprint density at radius 1 is 1.30 bits per heavy atom. The van der Waals surface area contributed by atoms with Crippen molar-refractivity contribution in [3.8, 4) is 5.82 Å². The first-order valence-corrected chi connectivity index (χ1v) is 7.25. The fraction of sp³-hybridized carbons (Fsp3) is 0.250. The van der Waals surface area contributed by atoms with Crippen LogP contribution < -0.4 is 5.56 Å². The first-order chi connectivity index (χ1) is 11.1. The Labute approximate surface area is 132 Å². The molecule has 0 aliphatic carbocycles. The van der Waals surface area contributed by atoms with Crippen molar-refractivity contribution in [2.24, 2.45) is 7.05 Å². The average molecular weight is 312 g/mol. The van der Waals surface area contributed by atoms with Gasteiger partial charge in [0, 0.05) is 12.6 Å². The quantitative estimate of drug-likeness (QED) is 0.677. The average Bonchev–Trinajstić information content (AvgIpc) is 2.89. The molecule has 0 spiro atoms. The molecule has 1 aromatic carbocycles. The van der Waals surface area contributed by atoms with E-state index in [1.165, 1.54) is 10.9 Å². The molecule has 0 amide bonds. The maximum Gasteiger partial charge on any atom is 0.310 e. The number of para-hydroxylation sites is 1. The van der Waals surface area contributed by atoms with Crippen LogP contribution in [0, 0.1) is 0 Å². The molecule has 3 rings (SSSR count). The number of fused-ring (bicyclic) bond motifs is 1. The molecule has 3 aromatic rings. The normalized spacial score (nSPS) is 10.9. The van der Waals surface area contributed by atoms with Crippen LogP contribution in [0.4, 0.5) is 0 Å². The van der Waals surface area contributed by atoms with Crippen LogP contribution in [0.3, 0.4) is 0 Å². The Hall–Kier alpha value is -2.96. The van der Waals surface area contributed by atoms with Gasteiger partial charge in [0.15, 0.2) is 0 Å². The van der Waals surface area contributed by atoms with Gasteiger partial charge in [-0.25, -0.2) is 4.98 Å². The summed E-state index contributed by atoms with van der Waals surface area (Å²) < 4.78 is 7.92. The van der Waals surface area contributed by atoms with Crippen LogP contribution in [0.15, 0.2) is 41.6 Å². The van der Waals surface area contributed by atoms with E-state index in [1.807, 2.05) is 6.07 Å². The van der Waals surface area contributed by atoms with Gasteiger partial charge in [0.2, 0.25) is 0 Å². The monoisotopic (exact) mass is 312 g/mol. The Morgan fingerprint density at radius 3 is 2.87 bits per heavy atom. The second-order valence-electron chi connectivity index (χ2n) is 5.04. The third kappa shape index (κ3) is 2.73. The van der Waals surface area contributed by atoms with Crippen LogP contribution in [-0.2, 0) is 23.0 Å². The summed E-state index contributed by atoms with van der Waals surface area (Å²) >= 11 is 0.